The molecule has 0 radical (unpaired) electrons. The molecule has 0 aromatic heterocycles. The van der Waals surface area contributed by atoms with E-state index in [9.17, 15) is 0 Å². The van der Waals surface area contributed by atoms with E-state index in [4.69, 9.17) is 14.7 Å². The van der Waals surface area contributed by atoms with Gasteiger partial charge in [0.1, 0.15) is 5.60 Å². The van der Waals surface area contributed by atoms with E-state index in [2.05, 4.69) is 48.1 Å². The van der Waals surface area contributed by atoms with E-state index in [1.54, 1.807) is 6.08 Å². The molecule has 4 heteroatoms. The molecule has 1 N–H and O–H groups in total. The fourth-order valence-corrected chi connectivity index (χ4v) is 3.36. The van der Waals surface area contributed by atoms with Crippen LogP contribution in [0.2, 0.25) is 0 Å². The molecule has 0 bridgehead atoms. The van der Waals surface area contributed by atoms with Gasteiger partial charge in [0.25, 0.3) is 0 Å². The molecule has 0 saturated carbocycles. The summed E-state index contributed by atoms with van der Waals surface area (Å²) in [7, 11) is 0. The van der Waals surface area contributed by atoms with Gasteiger partial charge in [-0.1, -0.05) is 102 Å². The van der Waals surface area contributed by atoms with Crippen molar-refractivity contribution in [1.29, 1.82) is 0 Å². The van der Waals surface area contributed by atoms with E-state index in [1.165, 1.54) is 6.21 Å². The molecule has 1 atom stereocenters. The van der Waals surface area contributed by atoms with Gasteiger partial charge in [-0.15, -0.1) is 6.58 Å². The molecule has 0 fully saturated rings. The predicted octanol–water partition coefficient (Wildman–Crippen LogP) is 5.03. The van der Waals surface area contributed by atoms with Crippen LogP contribution < -0.4 is 0 Å². The van der Waals surface area contributed by atoms with Crippen molar-refractivity contribution in [1.82, 2.24) is 0 Å². The Morgan fingerprint density at radius 3 is 1.66 bits per heavy atom. The van der Waals surface area contributed by atoms with Crippen LogP contribution in [0.25, 0.3) is 0 Å². The Bertz CT molecular complexity index is 798. The summed E-state index contributed by atoms with van der Waals surface area (Å²) in [5.41, 5.74) is 2.27. The lowest BCUT2D eigenvalue weighted by Crippen LogP contribution is -2.36. The highest BCUT2D eigenvalue weighted by Crippen LogP contribution is 2.40. The Morgan fingerprint density at radius 1 is 0.828 bits per heavy atom. The number of hydrogen-bond acceptors (Lipinski definition) is 4. The van der Waals surface area contributed by atoms with Gasteiger partial charge in [0.15, 0.2) is 0 Å². The van der Waals surface area contributed by atoms with Gasteiger partial charge >= 0.3 is 0 Å². The lowest BCUT2D eigenvalue weighted by Gasteiger charge is -2.36. The van der Waals surface area contributed by atoms with Crippen molar-refractivity contribution in [2.24, 2.45) is 5.16 Å². The molecule has 148 valence electrons. The Balaban J connectivity index is 2.06. The monoisotopic (exact) mass is 387 g/mol. The maximum absolute atomic E-state index is 8.59. The van der Waals surface area contributed by atoms with Crippen molar-refractivity contribution in [3.8, 4) is 0 Å². The summed E-state index contributed by atoms with van der Waals surface area (Å²) < 4.78 is 12.4. The molecule has 0 spiro atoms. The number of oxime groups is 1. The lowest BCUT2D eigenvalue weighted by atomic mass is 9.80. The predicted molar refractivity (Wildman–Crippen MR) is 115 cm³/mol. The van der Waals surface area contributed by atoms with Crippen LogP contribution in [0.4, 0.5) is 0 Å². The second kappa shape index (κ2) is 10.4. The van der Waals surface area contributed by atoms with Crippen LogP contribution in [0.5, 0.6) is 0 Å². The third-order valence-corrected chi connectivity index (χ3v) is 4.73. The summed E-state index contributed by atoms with van der Waals surface area (Å²) in [6.07, 6.45) is 2.62. The summed E-state index contributed by atoms with van der Waals surface area (Å²) in [4.78, 5) is 0. The van der Waals surface area contributed by atoms with Crippen molar-refractivity contribution in [2.45, 2.75) is 11.7 Å². The van der Waals surface area contributed by atoms with Gasteiger partial charge in [0.2, 0.25) is 0 Å². The first-order valence-corrected chi connectivity index (χ1v) is 9.52. The quantitative estimate of drug-likeness (QED) is 0.175. The third-order valence-electron chi connectivity index (χ3n) is 4.73. The highest BCUT2D eigenvalue weighted by molar-refractivity contribution is 5.57. The number of rotatable bonds is 10. The first-order valence-electron chi connectivity index (χ1n) is 9.52. The summed E-state index contributed by atoms with van der Waals surface area (Å²) in [6, 6.07) is 30.5. The maximum atomic E-state index is 8.59. The summed E-state index contributed by atoms with van der Waals surface area (Å²) >= 11 is 0. The van der Waals surface area contributed by atoms with E-state index >= 15 is 0 Å². The zero-order chi connectivity index (χ0) is 20.4. The fourth-order valence-electron chi connectivity index (χ4n) is 3.36. The second-order valence-electron chi connectivity index (χ2n) is 6.50. The zero-order valence-corrected chi connectivity index (χ0v) is 16.2. The minimum atomic E-state index is -0.806. The van der Waals surface area contributed by atoms with Gasteiger partial charge in [-0.05, 0) is 16.7 Å². The average molecular weight is 387 g/mol. The molecule has 3 aromatic rings. The number of nitrogens with zero attached hydrogens (tertiary/aromatic N) is 1. The largest absolute Gasteiger partial charge is 0.411 e. The van der Waals surface area contributed by atoms with Gasteiger partial charge in [-0.25, -0.2) is 0 Å². The third kappa shape index (κ3) is 4.80. The number of hydrogen-bond donors (Lipinski definition) is 1. The number of benzene rings is 3. The molecule has 0 amide bonds. The van der Waals surface area contributed by atoms with Gasteiger partial charge in [0, 0.05) is 0 Å². The first kappa shape index (κ1) is 20.5. The standard InChI is InChI=1S/C25H25NO3/c1-2-24(28-19-18-26-27)20-29-25(21-12-6-3-7-13-21,22-14-8-4-9-15-22)23-16-10-5-11-17-23/h2-18,24,27H,1,19-20H2/b26-18-. The second-order valence-corrected chi connectivity index (χ2v) is 6.50. The van der Waals surface area contributed by atoms with Crippen LogP contribution in [0.15, 0.2) is 109 Å². The normalized spacial score (nSPS) is 12.7. The van der Waals surface area contributed by atoms with Gasteiger partial charge in [-0.3, -0.25) is 0 Å². The van der Waals surface area contributed by atoms with Gasteiger partial charge < -0.3 is 14.7 Å². The van der Waals surface area contributed by atoms with Crippen molar-refractivity contribution in [3.63, 3.8) is 0 Å². The van der Waals surface area contributed by atoms with E-state index in [0.717, 1.165) is 16.7 Å². The first-order chi connectivity index (χ1) is 14.3. The summed E-state index contributed by atoms with van der Waals surface area (Å²) in [6.45, 7) is 4.30. The lowest BCUT2D eigenvalue weighted by molar-refractivity contribution is -0.0409. The highest BCUT2D eigenvalue weighted by Gasteiger charge is 2.37. The Kier molecular flexibility index (Phi) is 7.34. The molecule has 0 heterocycles. The Morgan fingerprint density at radius 2 is 1.28 bits per heavy atom. The van der Waals surface area contributed by atoms with Crippen molar-refractivity contribution in [2.75, 3.05) is 13.2 Å². The maximum Gasteiger partial charge on any atom is 0.143 e. The smallest absolute Gasteiger partial charge is 0.143 e. The molecule has 1 unspecified atom stereocenters. The molecule has 0 aliphatic carbocycles. The van der Waals surface area contributed by atoms with Crippen LogP contribution in [0.3, 0.4) is 0 Å². The van der Waals surface area contributed by atoms with Crippen LogP contribution in [0.1, 0.15) is 16.7 Å². The molecular formula is C25H25NO3. The van der Waals surface area contributed by atoms with Crippen LogP contribution in [-0.2, 0) is 15.1 Å². The Hall–Kier alpha value is -3.21. The minimum Gasteiger partial charge on any atom is -0.411 e. The summed E-state index contributed by atoms with van der Waals surface area (Å²) in [5, 5.41) is 11.6. The Labute approximate surface area is 171 Å². The number of ether oxygens (including phenoxy) is 2. The fraction of sp³-hybridized carbons (Fsp3) is 0.160. The molecule has 0 aliphatic heterocycles. The van der Waals surface area contributed by atoms with Crippen LogP contribution in [-0.4, -0.2) is 30.7 Å². The van der Waals surface area contributed by atoms with Crippen molar-refractivity contribution >= 4 is 6.21 Å². The van der Waals surface area contributed by atoms with Gasteiger partial charge in [-0.2, -0.15) is 0 Å². The highest BCUT2D eigenvalue weighted by atomic mass is 16.5. The topological polar surface area (TPSA) is 51.0 Å². The minimum absolute atomic E-state index is 0.172. The zero-order valence-electron chi connectivity index (χ0n) is 16.2. The molecular weight excluding hydrogens is 362 g/mol. The molecule has 3 aromatic carbocycles. The molecule has 3 rings (SSSR count). The van der Waals surface area contributed by atoms with E-state index in [1.807, 2.05) is 54.6 Å². The molecule has 4 nitrogen and oxygen atoms in total. The molecule has 0 aliphatic rings. The van der Waals surface area contributed by atoms with Crippen molar-refractivity contribution in [3.05, 3.63) is 120 Å². The molecule has 29 heavy (non-hydrogen) atoms. The van der Waals surface area contributed by atoms with Crippen LogP contribution >= 0.6 is 0 Å². The van der Waals surface area contributed by atoms with E-state index in [0.29, 0.717) is 0 Å². The summed E-state index contributed by atoms with van der Waals surface area (Å²) in [5.74, 6) is 0. The van der Waals surface area contributed by atoms with Crippen LogP contribution in [0, 0.1) is 0 Å². The van der Waals surface area contributed by atoms with E-state index in [-0.39, 0.29) is 19.3 Å². The molecule has 0 saturated heterocycles. The van der Waals surface area contributed by atoms with Gasteiger partial charge in [0.05, 0.1) is 25.5 Å². The van der Waals surface area contributed by atoms with E-state index < -0.39 is 5.60 Å². The SMILES string of the molecule is C=CC(COC(c1ccccc1)(c1ccccc1)c1ccccc1)OC/C=N\O. The average Bonchev–Trinajstić information content (AvgIpc) is 2.80. The van der Waals surface area contributed by atoms with Crippen molar-refractivity contribution < 1.29 is 14.7 Å².